The van der Waals surface area contributed by atoms with E-state index in [0.29, 0.717) is 18.2 Å². The first kappa shape index (κ1) is 17.6. The number of aryl methyl sites for hydroxylation is 2. The van der Waals surface area contributed by atoms with Crippen molar-refractivity contribution in [2.75, 3.05) is 10.6 Å². The monoisotopic (exact) mass is 346 g/mol. The maximum Gasteiger partial charge on any atom is 0.274 e. The molecule has 3 rings (SSSR count). The van der Waals surface area contributed by atoms with Crippen LogP contribution in [0.1, 0.15) is 34.1 Å². The van der Waals surface area contributed by atoms with Gasteiger partial charge < -0.3 is 10.6 Å². The molecule has 0 aliphatic rings. The van der Waals surface area contributed by atoms with Crippen LogP contribution in [0.3, 0.4) is 0 Å². The Labute approximate surface area is 153 Å². The fourth-order valence-corrected chi connectivity index (χ4v) is 2.59. The molecule has 0 fully saturated rings. The van der Waals surface area contributed by atoms with Gasteiger partial charge in [-0.15, -0.1) is 0 Å². The van der Waals surface area contributed by atoms with E-state index in [4.69, 9.17) is 0 Å². The quantitative estimate of drug-likeness (QED) is 0.701. The second kappa shape index (κ2) is 8.25. The Balaban J connectivity index is 1.68. The maximum atomic E-state index is 12.5. The molecule has 2 N–H and O–H groups in total. The predicted octanol–water partition coefficient (Wildman–Crippen LogP) is 4.21. The number of para-hydroxylation sites is 1. The Hall–Kier alpha value is -3.21. The number of amides is 1. The molecular formula is C21H22N4O. The van der Waals surface area contributed by atoms with Crippen LogP contribution in [0.4, 0.5) is 11.6 Å². The SMILES string of the molecule is CCc1ccccc1NC(=O)c1ccnc(NCc2ccc(C)cc2)n1. The van der Waals surface area contributed by atoms with Crippen LogP contribution < -0.4 is 10.6 Å². The fourth-order valence-electron chi connectivity index (χ4n) is 2.59. The zero-order valence-corrected chi connectivity index (χ0v) is 15.0. The summed E-state index contributed by atoms with van der Waals surface area (Å²) in [6, 6.07) is 17.6. The Morgan fingerprint density at radius 3 is 2.58 bits per heavy atom. The smallest absolute Gasteiger partial charge is 0.274 e. The first-order chi connectivity index (χ1) is 12.7. The molecule has 5 heteroatoms. The van der Waals surface area contributed by atoms with Crippen LogP contribution in [0.15, 0.2) is 60.8 Å². The highest BCUT2D eigenvalue weighted by atomic mass is 16.1. The van der Waals surface area contributed by atoms with Crippen molar-refractivity contribution in [1.29, 1.82) is 0 Å². The fraction of sp³-hybridized carbons (Fsp3) is 0.190. The van der Waals surface area contributed by atoms with Gasteiger partial charge in [0.15, 0.2) is 0 Å². The van der Waals surface area contributed by atoms with Gasteiger partial charge in [0.2, 0.25) is 5.95 Å². The summed E-state index contributed by atoms with van der Waals surface area (Å²) in [5.41, 5.74) is 4.58. The van der Waals surface area contributed by atoms with Gasteiger partial charge >= 0.3 is 0 Å². The zero-order valence-electron chi connectivity index (χ0n) is 15.0. The summed E-state index contributed by atoms with van der Waals surface area (Å²) in [7, 11) is 0. The largest absolute Gasteiger partial charge is 0.350 e. The lowest BCUT2D eigenvalue weighted by atomic mass is 10.1. The molecule has 5 nitrogen and oxygen atoms in total. The minimum atomic E-state index is -0.244. The lowest BCUT2D eigenvalue weighted by molar-refractivity contribution is 0.102. The summed E-state index contributed by atoms with van der Waals surface area (Å²) >= 11 is 0. The van der Waals surface area contributed by atoms with Crippen molar-refractivity contribution in [3.05, 3.63) is 83.2 Å². The van der Waals surface area contributed by atoms with E-state index in [1.807, 2.05) is 24.3 Å². The summed E-state index contributed by atoms with van der Waals surface area (Å²) in [5, 5.41) is 6.09. The average molecular weight is 346 g/mol. The first-order valence-corrected chi connectivity index (χ1v) is 8.67. The van der Waals surface area contributed by atoms with Crippen molar-refractivity contribution in [2.24, 2.45) is 0 Å². The molecule has 0 saturated carbocycles. The number of carbonyl (C=O) groups excluding carboxylic acids is 1. The number of benzene rings is 2. The molecule has 1 aromatic heterocycles. The summed E-state index contributed by atoms with van der Waals surface area (Å²) in [5.74, 6) is 0.189. The van der Waals surface area contributed by atoms with E-state index in [9.17, 15) is 4.79 Å². The number of carbonyl (C=O) groups is 1. The van der Waals surface area contributed by atoms with Gasteiger partial charge in [-0.2, -0.15) is 0 Å². The molecule has 0 bridgehead atoms. The Morgan fingerprint density at radius 2 is 1.81 bits per heavy atom. The van der Waals surface area contributed by atoms with Gasteiger partial charge in [-0.05, 0) is 36.6 Å². The molecule has 0 radical (unpaired) electrons. The van der Waals surface area contributed by atoms with Crippen LogP contribution in [-0.2, 0) is 13.0 Å². The van der Waals surface area contributed by atoms with Gasteiger partial charge in [-0.1, -0.05) is 55.0 Å². The molecular weight excluding hydrogens is 324 g/mol. The summed E-state index contributed by atoms with van der Waals surface area (Å²) in [6.45, 7) is 4.71. The van der Waals surface area contributed by atoms with Gasteiger partial charge in [0.05, 0.1) is 0 Å². The van der Waals surface area contributed by atoms with E-state index in [1.165, 1.54) is 5.56 Å². The summed E-state index contributed by atoms with van der Waals surface area (Å²) in [4.78, 5) is 21.0. The van der Waals surface area contributed by atoms with E-state index in [2.05, 4.69) is 58.7 Å². The van der Waals surface area contributed by atoms with Gasteiger partial charge in [-0.25, -0.2) is 9.97 Å². The number of anilines is 2. The van der Waals surface area contributed by atoms with Crippen LogP contribution in [0, 0.1) is 6.92 Å². The number of hydrogen-bond acceptors (Lipinski definition) is 4. The molecule has 0 spiro atoms. The van der Waals surface area contributed by atoms with Gasteiger partial charge in [0.25, 0.3) is 5.91 Å². The average Bonchev–Trinajstić information content (AvgIpc) is 2.68. The number of aromatic nitrogens is 2. The highest BCUT2D eigenvalue weighted by Crippen LogP contribution is 2.16. The van der Waals surface area contributed by atoms with E-state index >= 15 is 0 Å². The molecule has 0 aliphatic carbocycles. The van der Waals surface area contributed by atoms with Crippen LogP contribution >= 0.6 is 0 Å². The third kappa shape index (κ3) is 4.45. The van der Waals surface area contributed by atoms with Crippen molar-refractivity contribution in [3.8, 4) is 0 Å². The molecule has 132 valence electrons. The number of nitrogens with one attached hydrogen (secondary N) is 2. The summed E-state index contributed by atoms with van der Waals surface area (Å²) < 4.78 is 0. The Kier molecular flexibility index (Phi) is 5.59. The second-order valence-corrected chi connectivity index (χ2v) is 6.07. The molecule has 0 aliphatic heterocycles. The third-order valence-electron chi connectivity index (χ3n) is 4.11. The lowest BCUT2D eigenvalue weighted by Crippen LogP contribution is -2.16. The minimum Gasteiger partial charge on any atom is -0.350 e. The highest BCUT2D eigenvalue weighted by molar-refractivity contribution is 6.03. The van der Waals surface area contributed by atoms with Crippen molar-refractivity contribution >= 4 is 17.5 Å². The van der Waals surface area contributed by atoms with Crippen LogP contribution in [0.25, 0.3) is 0 Å². The molecule has 0 unspecified atom stereocenters. The predicted molar refractivity (Wildman–Crippen MR) is 104 cm³/mol. The van der Waals surface area contributed by atoms with Crippen LogP contribution in [0.2, 0.25) is 0 Å². The second-order valence-electron chi connectivity index (χ2n) is 6.07. The summed E-state index contributed by atoms with van der Waals surface area (Å²) in [6.07, 6.45) is 2.44. The molecule has 26 heavy (non-hydrogen) atoms. The van der Waals surface area contributed by atoms with Crippen LogP contribution in [0.5, 0.6) is 0 Å². The van der Waals surface area contributed by atoms with E-state index in [0.717, 1.165) is 23.2 Å². The lowest BCUT2D eigenvalue weighted by Gasteiger charge is -2.10. The first-order valence-electron chi connectivity index (χ1n) is 8.67. The van der Waals surface area contributed by atoms with E-state index in [1.54, 1.807) is 12.3 Å². The molecule has 0 saturated heterocycles. The van der Waals surface area contributed by atoms with E-state index in [-0.39, 0.29) is 5.91 Å². The molecule has 3 aromatic rings. The van der Waals surface area contributed by atoms with Crippen LogP contribution in [-0.4, -0.2) is 15.9 Å². The number of nitrogens with zero attached hydrogens (tertiary/aromatic N) is 2. The van der Waals surface area contributed by atoms with Crippen molar-refractivity contribution in [2.45, 2.75) is 26.8 Å². The molecule has 0 atom stereocenters. The maximum absolute atomic E-state index is 12.5. The van der Waals surface area contributed by atoms with Crippen molar-refractivity contribution in [1.82, 2.24) is 9.97 Å². The van der Waals surface area contributed by atoms with Gasteiger partial charge in [0.1, 0.15) is 5.69 Å². The minimum absolute atomic E-state index is 0.244. The normalized spacial score (nSPS) is 10.4. The molecule has 2 aromatic carbocycles. The van der Waals surface area contributed by atoms with Gasteiger partial charge in [0, 0.05) is 18.4 Å². The van der Waals surface area contributed by atoms with Crippen molar-refractivity contribution in [3.63, 3.8) is 0 Å². The van der Waals surface area contributed by atoms with Crippen molar-refractivity contribution < 1.29 is 4.79 Å². The highest BCUT2D eigenvalue weighted by Gasteiger charge is 2.11. The number of rotatable bonds is 6. The third-order valence-corrected chi connectivity index (χ3v) is 4.11. The molecule has 1 amide bonds. The van der Waals surface area contributed by atoms with E-state index < -0.39 is 0 Å². The Bertz CT molecular complexity index is 891. The van der Waals surface area contributed by atoms with Gasteiger partial charge in [-0.3, -0.25) is 4.79 Å². The Morgan fingerprint density at radius 1 is 1.04 bits per heavy atom. The standard InChI is InChI=1S/C21H22N4O/c1-3-17-6-4-5-7-18(17)24-20(26)19-12-13-22-21(25-19)23-14-16-10-8-15(2)9-11-16/h4-13H,3,14H2,1-2H3,(H,24,26)(H,22,23,25). The molecule has 1 heterocycles. The topological polar surface area (TPSA) is 66.9 Å². The number of hydrogen-bond donors (Lipinski definition) is 2. The zero-order chi connectivity index (χ0) is 18.4.